The topological polar surface area (TPSA) is 96.0 Å². The molecule has 0 saturated heterocycles. The molecule has 3 rings (SSSR count). The summed E-state index contributed by atoms with van der Waals surface area (Å²) < 4.78 is 33.5. The summed E-state index contributed by atoms with van der Waals surface area (Å²) in [5.41, 5.74) is 2.08. The molecule has 0 saturated carbocycles. The van der Waals surface area contributed by atoms with E-state index in [-0.39, 0.29) is 17.3 Å². The molecule has 0 heterocycles. The molecule has 190 valence electrons. The Morgan fingerprint density at radius 1 is 0.944 bits per heavy atom. The first-order chi connectivity index (χ1) is 17.2. The summed E-state index contributed by atoms with van der Waals surface area (Å²) in [4.78, 5) is 27.6. The van der Waals surface area contributed by atoms with Crippen LogP contribution in [0.15, 0.2) is 83.8 Å². The number of sulfonamides is 1. The van der Waals surface area contributed by atoms with E-state index in [1.165, 1.54) is 24.1 Å². The highest BCUT2D eigenvalue weighted by molar-refractivity contribution is 7.92. The van der Waals surface area contributed by atoms with E-state index < -0.39 is 28.5 Å². The van der Waals surface area contributed by atoms with Crippen LogP contribution in [-0.4, -0.2) is 51.9 Å². The summed E-state index contributed by atoms with van der Waals surface area (Å²) in [5.74, 6) is -0.206. The number of methoxy groups -OCH3 is 1. The van der Waals surface area contributed by atoms with Crippen LogP contribution in [0.2, 0.25) is 0 Å². The molecule has 3 aromatic carbocycles. The fraction of sp³-hybridized carbons (Fsp3) is 0.259. The number of carbonyl (C=O) groups excluding carboxylic acids is 2. The summed E-state index contributed by atoms with van der Waals surface area (Å²) in [7, 11) is -1.01. The van der Waals surface area contributed by atoms with Gasteiger partial charge in [-0.15, -0.1) is 0 Å². The fourth-order valence-corrected chi connectivity index (χ4v) is 5.11. The third-order valence-electron chi connectivity index (χ3n) is 5.86. The monoisotopic (exact) mass is 509 g/mol. The molecule has 0 unspecified atom stereocenters. The van der Waals surface area contributed by atoms with Gasteiger partial charge in [0.25, 0.3) is 10.0 Å². The van der Waals surface area contributed by atoms with E-state index in [1.807, 2.05) is 6.92 Å². The fourth-order valence-electron chi connectivity index (χ4n) is 3.68. The minimum Gasteiger partial charge on any atom is -0.497 e. The number of carbonyl (C=O) groups is 2. The largest absolute Gasteiger partial charge is 0.497 e. The van der Waals surface area contributed by atoms with Crippen molar-refractivity contribution in [1.82, 2.24) is 10.2 Å². The van der Waals surface area contributed by atoms with E-state index in [0.717, 1.165) is 15.4 Å². The van der Waals surface area contributed by atoms with Crippen LogP contribution >= 0.6 is 0 Å². The van der Waals surface area contributed by atoms with Crippen molar-refractivity contribution in [3.8, 4) is 5.75 Å². The SMILES string of the molecule is CNC(=O)[C@@H](C)N(Cc1ccc(OC)cc1)C(=O)CN(c1ccc(C)cc1)S(=O)(=O)c1ccccc1. The van der Waals surface area contributed by atoms with Crippen LogP contribution in [0.4, 0.5) is 5.69 Å². The van der Waals surface area contributed by atoms with E-state index in [1.54, 1.807) is 80.8 Å². The highest BCUT2D eigenvalue weighted by Gasteiger charge is 2.32. The Labute approximate surface area is 212 Å². The van der Waals surface area contributed by atoms with E-state index in [2.05, 4.69) is 5.32 Å². The molecule has 0 aromatic heterocycles. The Kier molecular flexibility index (Phi) is 8.71. The van der Waals surface area contributed by atoms with Gasteiger partial charge in [0.2, 0.25) is 11.8 Å². The molecule has 0 spiro atoms. The van der Waals surface area contributed by atoms with E-state index in [9.17, 15) is 18.0 Å². The zero-order valence-corrected chi connectivity index (χ0v) is 21.7. The van der Waals surface area contributed by atoms with Gasteiger partial charge in [0.1, 0.15) is 18.3 Å². The third-order valence-corrected chi connectivity index (χ3v) is 7.65. The molecule has 0 aliphatic rings. The number of nitrogens with one attached hydrogen (secondary N) is 1. The summed E-state index contributed by atoms with van der Waals surface area (Å²) in [5, 5.41) is 2.57. The molecule has 2 amide bonds. The van der Waals surface area contributed by atoms with Crippen LogP contribution in [0, 0.1) is 6.92 Å². The zero-order valence-electron chi connectivity index (χ0n) is 20.8. The molecule has 1 N–H and O–H groups in total. The molecule has 8 nitrogen and oxygen atoms in total. The minimum atomic E-state index is -4.06. The number of amides is 2. The van der Waals surface area contributed by atoms with Crippen LogP contribution in [-0.2, 0) is 26.2 Å². The van der Waals surface area contributed by atoms with Crippen molar-refractivity contribution in [2.45, 2.75) is 31.3 Å². The van der Waals surface area contributed by atoms with Crippen molar-refractivity contribution in [3.63, 3.8) is 0 Å². The molecule has 3 aromatic rings. The van der Waals surface area contributed by atoms with Crippen molar-refractivity contribution in [2.24, 2.45) is 0 Å². The van der Waals surface area contributed by atoms with Crippen LogP contribution in [0.1, 0.15) is 18.1 Å². The third kappa shape index (κ3) is 6.23. The number of aryl methyl sites for hydroxylation is 1. The average molecular weight is 510 g/mol. The maximum Gasteiger partial charge on any atom is 0.264 e. The predicted octanol–water partition coefficient (Wildman–Crippen LogP) is 3.36. The van der Waals surface area contributed by atoms with E-state index >= 15 is 0 Å². The van der Waals surface area contributed by atoms with Gasteiger partial charge in [-0.05, 0) is 55.8 Å². The van der Waals surface area contributed by atoms with E-state index in [4.69, 9.17) is 4.74 Å². The Bertz CT molecular complexity index is 1280. The molecule has 1 atom stereocenters. The lowest BCUT2D eigenvalue weighted by Gasteiger charge is -2.31. The molecule has 0 radical (unpaired) electrons. The van der Waals surface area contributed by atoms with Crippen molar-refractivity contribution >= 4 is 27.5 Å². The maximum absolute atomic E-state index is 13.7. The molecule has 0 bridgehead atoms. The highest BCUT2D eigenvalue weighted by atomic mass is 32.2. The summed E-state index contributed by atoms with van der Waals surface area (Å²) in [6, 6.07) is 21.2. The van der Waals surface area contributed by atoms with E-state index in [0.29, 0.717) is 11.4 Å². The molecule has 36 heavy (non-hydrogen) atoms. The number of anilines is 1. The quantitative estimate of drug-likeness (QED) is 0.452. The number of benzene rings is 3. The molecule has 0 fully saturated rings. The average Bonchev–Trinajstić information content (AvgIpc) is 2.90. The summed E-state index contributed by atoms with van der Waals surface area (Å²) in [6.45, 7) is 3.15. The Balaban J connectivity index is 1.99. The normalized spacial score (nSPS) is 11.9. The lowest BCUT2D eigenvalue weighted by molar-refractivity contribution is -0.139. The van der Waals surface area contributed by atoms with Crippen molar-refractivity contribution in [1.29, 1.82) is 0 Å². The Morgan fingerprint density at radius 3 is 2.11 bits per heavy atom. The smallest absolute Gasteiger partial charge is 0.264 e. The van der Waals surface area contributed by atoms with Crippen molar-refractivity contribution in [3.05, 3.63) is 90.0 Å². The van der Waals surface area contributed by atoms with Crippen LogP contribution in [0.25, 0.3) is 0 Å². The van der Waals surface area contributed by atoms with Gasteiger partial charge >= 0.3 is 0 Å². The zero-order chi connectivity index (χ0) is 26.3. The molecular weight excluding hydrogens is 478 g/mol. The summed E-state index contributed by atoms with van der Waals surface area (Å²) >= 11 is 0. The number of ether oxygens (including phenoxy) is 1. The number of likely N-dealkylation sites (N-methyl/N-ethyl adjacent to an activating group) is 1. The second-order valence-electron chi connectivity index (χ2n) is 8.32. The lowest BCUT2D eigenvalue weighted by atomic mass is 10.1. The summed E-state index contributed by atoms with van der Waals surface area (Å²) in [6.07, 6.45) is 0. The van der Waals surface area contributed by atoms with Crippen molar-refractivity contribution in [2.75, 3.05) is 25.0 Å². The van der Waals surface area contributed by atoms with Gasteiger partial charge in [-0.2, -0.15) is 0 Å². The first-order valence-electron chi connectivity index (χ1n) is 11.5. The first-order valence-corrected chi connectivity index (χ1v) is 12.9. The second kappa shape index (κ2) is 11.7. The first kappa shape index (κ1) is 26.7. The molecular formula is C27H31N3O5S. The number of nitrogens with zero attached hydrogens (tertiary/aromatic N) is 2. The maximum atomic E-state index is 13.7. The highest BCUT2D eigenvalue weighted by Crippen LogP contribution is 2.25. The van der Waals surface area contributed by atoms with Gasteiger partial charge < -0.3 is 15.0 Å². The van der Waals surface area contributed by atoms with Gasteiger partial charge in [-0.3, -0.25) is 13.9 Å². The molecule has 0 aliphatic heterocycles. The Hall–Kier alpha value is -3.85. The van der Waals surface area contributed by atoms with Gasteiger partial charge in [0.05, 0.1) is 17.7 Å². The number of hydrogen-bond acceptors (Lipinski definition) is 5. The van der Waals surface area contributed by atoms with Gasteiger partial charge in [-0.1, -0.05) is 48.0 Å². The standard InChI is InChI=1S/C27H31N3O5S/c1-20-10-14-23(15-11-20)30(36(33,34)25-8-6-5-7-9-25)19-26(31)29(21(2)27(32)28-3)18-22-12-16-24(35-4)17-13-22/h5-17,21H,18-19H2,1-4H3,(H,28,32)/t21-/m1/s1. The van der Waals surface area contributed by atoms with Gasteiger partial charge in [0, 0.05) is 13.6 Å². The number of hydrogen-bond donors (Lipinski definition) is 1. The predicted molar refractivity (Wildman–Crippen MR) is 139 cm³/mol. The van der Waals surface area contributed by atoms with Gasteiger partial charge in [0.15, 0.2) is 0 Å². The van der Waals surface area contributed by atoms with Gasteiger partial charge in [-0.25, -0.2) is 8.42 Å². The Morgan fingerprint density at radius 2 is 1.56 bits per heavy atom. The minimum absolute atomic E-state index is 0.0689. The lowest BCUT2D eigenvalue weighted by Crippen LogP contribution is -2.50. The second-order valence-corrected chi connectivity index (χ2v) is 10.2. The van der Waals surface area contributed by atoms with Crippen LogP contribution in [0.3, 0.4) is 0 Å². The van der Waals surface area contributed by atoms with Crippen molar-refractivity contribution < 1.29 is 22.7 Å². The number of rotatable bonds is 10. The molecule has 9 heteroatoms. The van der Waals surface area contributed by atoms with Crippen LogP contribution < -0.4 is 14.4 Å². The van der Waals surface area contributed by atoms with Crippen LogP contribution in [0.5, 0.6) is 5.75 Å². The molecule has 0 aliphatic carbocycles.